The van der Waals surface area contributed by atoms with Crippen LogP contribution in [0.5, 0.6) is 5.75 Å². The Morgan fingerprint density at radius 1 is 1.11 bits per heavy atom. The van der Waals surface area contributed by atoms with Gasteiger partial charge < -0.3 is 4.74 Å². The molecule has 1 aromatic carbocycles. The molecule has 0 spiro atoms. The number of hydrogen-bond donors (Lipinski definition) is 0. The van der Waals surface area contributed by atoms with Gasteiger partial charge in [-0.05, 0) is 13.0 Å². The Hall–Kier alpha value is -2.78. The highest BCUT2D eigenvalue weighted by molar-refractivity contribution is 5.54. The molecule has 0 aliphatic rings. The van der Waals surface area contributed by atoms with Crippen LogP contribution in [0.2, 0.25) is 0 Å². The number of nitrogens with zero attached hydrogens (tertiary/aromatic N) is 3. The third-order valence-corrected chi connectivity index (χ3v) is 3.98. The number of benzene rings is 1. The van der Waals surface area contributed by atoms with E-state index in [1.54, 1.807) is 6.92 Å². The van der Waals surface area contributed by atoms with Crippen molar-refractivity contribution < 1.29 is 31.1 Å². The molecule has 0 N–H and O–H groups in total. The molecule has 144 valence electrons. The molecular weight excluding hydrogens is 376 g/mol. The summed E-state index contributed by atoms with van der Waals surface area (Å²) in [4.78, 5) is 0. The lowest BCUT2D eigenvalue weighted by molar-refractivity contribution is -0.138. The molecule has 0 saturated heterocycles. The molecule has 3 aromatic rings. The van der Waals surface area contributed by atoms with Gasteiger partial charge in [-0.15, -0.1) is 10.2 Å². The van der Waals surface area contributed by atoms with E-state index in [-0.39, 0.29) is 5.56 Å². The number of halogens is 6. The van der Waals surface area contributed by atoms with E-state index in [1.165, 1.54) is 17.5 Å². The second-order valence-corrected chi connectivity index (χ2v) is 5.77. The van der Waals surface area contributed by atoms with Gasteiger partial charge in [0.1, 0.15) is 23.3 Å². The number of aryl methyl sites for hydroxylation is 1. The molecule has 1 atom stereocenters. The largest absolute Gasteiger partial charge is 0.480 e. The fraction of sp³-hybridized carbons (Fsp3) is 0.294. The second kappa shape index (κ2) is 6.75. The van der Waals surface area contributed by atoms with E-state index in [0.717, 1.165) is 6.07 Å². The number of pyridine rings is 1. The molecule has 0 saturated carbocycles. The third kappa shape index (κ3) is 3.43. The van der Waals surface area contributed by atoms with Crippen molar-refractivity contribution >= 4 is 5.65 Å². The first-order chi connectivity index (χ1) is 12.6. The Morgan fingerprint density at radius 3 is 2.30 bits per heavy atom. The van der Waals surface area contributed by atoms with E-state index in [2.05, 4.69) is 10.2 Å². The molecule has 27 heavy (non-hydrogen) atoms. The van der Waals surface area contributed by atoms with Crippen molar-refractivity contribution in [3.63, 3.8) is 0 Å². The van der Waals surface area contributed by atoms with E-state index < -0.39 is 46.7 Å². The van der Waals surface area contributed by atoms with Crippen LogP contribution in [-0.2, 0) is 12.6 Å². The van der Waals surface area contributed by atoms with Crippen LogP contribution < -0.4 is 4.74 Å². The first kappa shape index (κ1) is 19.0. The van der Waals surface area contributed by atoms with Crippen LogP contribution >= 0.6 is 0 Å². The zero-order valence-corrected chi connectivity index (χ0v) is 14.1. The summed E-state index contributed by atoms with van der Waals surface area (Å²) >= 11 is 0. The van der Waals surface area contributed by atoms with E-state index in [9.17, 15) is 26.3 Å². The fourth-order valence-electron chi connectivity index (χ4n) is 2.77. The average Bonchev–Trinajstić information content (AvgIpc) is 2.98. The van der Waals surface area contributed by atoms with E-state index in [1.807, 2.05) is 0 Å². The lowest BCUT2D eigenvalue weighted by Gasteiger charge is -2.21. The molecular formula is C17H13F6N3O. The molecule has 0 bridgehead atoms. The number of alkyl halides is 3. The van der Waals surface area contributed by atoms with Crippen molar-refractivity contribution in [1.29, 1.82) is 0 Å². The normalized spacial score (nSPS) is 13.2. The zero-order valence-electron chi connectivity index (χ0n) is 14.1. The van der Waals surface area contributed by atoms with Crippen molar-refractivity contribution in [2.24, 2.45) is 0 Å². The predicted octanol–water partition coefficient (Wildman–Crippen LogP) is 4.87. The third-order valence-electron chi connectivity index (χ3n) is 3.98. The quantitative estimate of drug-likeness (QED) is 0.598. The first-order valence-corrected chi connectivity index (χ1v) is 7.88. The maximum Gasteiger partial charge on any atom is 0.420 e. The van der Waals surface area contributed by atoms with Crippen LogP contribution in [0.4, 0.5) is 26.3 Å². The summed E-state index contributed by atoms with van der Waals surface area (Å²) in [6.45, 7) is 2.91. The van der Waals surface area contributed by atoms with Gasteiger partial charge in [-0.25, -0.2) is 13.2 Å². The number of hydrogen-bond acceptors (Lipinski definition) is 3. The van der Waals surface area contributed by atoms with Gasteiger partial charge in [0.25, 0.3) is 0 Å². The van der Waals surface area contributed by atoms with Crippen LogP contribution in [-0.4, -0.2) is 14.6 Å². The van der Waals surface area contributed by atoms with Crippen LogP contribution in [0.15, 0.2) is 24.4 Å². The van der Waals surface area contributed by atoms with Crippen LogP contribution in [0.25, 0.3) is 5.65 Å². The number of fused-ring (bicyclic) bond motifs is 1. The highest BCUT2D eigenvalue weighted by Crippen LogP contribution is 2.39. The summed E-state index contributed by atoms with van der Waals surface area (Å²) in [6, 6.07) is 1.89. The summed E-state index contributed by atoms with van der Waals surface area (Å²) in [7, 11) is 0. The molecule has 0 amide bonds. The predicted molar refractivity (Wildman–Crippen MR) is 82.7 cm³/mol. The van der Waals surface area contributed by atoms with Gasteiger partial charge in [-0.3, -0.25) is 4.40 Å². The van der Waals surface area contributed by atoms with Crippen molar-refractivity contribution in [1.82, 2.24) is 14.6 Å². The van der Waals surface area contributed by atoms with Gasteiger partial charge in [-0.1, -0.05) is 6.92 Å². The van der Waals surface area contributed by atoms with Crippen molar-refractivity contribution in [2.75, 3.05) is 0 Å². The molecule has 0 fully saturated rings. The van der Waals surface area contributed by atoms with E-state index >= 15 is 0 Å². The first-order valence-electron chi connectivity index (χ1n) is 7.88. The Bertz CT molecular complexity index is 975. The smallest absolute Gasteiger partial charge is 0.420 e. The molecule has 3 rings (SSSR count). The summed E-state index contributed by atoms with van der Waals surface area (Å²) in [5.74, 6) is -4.52. The SMILES string of the molecule is CCc1nnc2c(C(F)(F)F)c(C(C)Oc3c(F)cc(F)cc3F)ccn12. The van der Waals surface area contributed by atoms with Crippen LogP contribution in [0.1, 0.15) is 36.9 Å². The Balaban J connectivity index is 2.11. The zero-order chi connectivity index (χ0) is 19.9. The number of rotatable bonds is 4. The molecule has 2 aromatic heterocycles. The maximum atomic E-state index is 13.8. The number of aromatic nitrogens is 3. The van der Waals surface area contributed by atoms with Crippen molar-refractivity contribution in [3.05, 3.63) is 58.8 Å². The molecule has 0 aliphatic heterocycles. The van der Waals surface area contributed by atoms with Gasteiger partial charge in [-0.2, -0.15) is 13.2 Å². The monoisotopic (exact) mass is 389 g/mol. The van der Waals surface area contributed by atoms with Gasteiger partial charge in [0.15, 0.2) is 23.0 Å². The molecule has 2 heterocycles. The number of ether oxygens (including phenoxy) is 1. The van der Waals surface area contributed by atoms with Gasteiger partial charge in [0.05, 0.1) is 0 Å². The minimum Gasteiger partial charge on any atom is -0.480 e. The lowest BCUT2D eigenvalue weighted by Crippen LogP contribution is -2.17. The molecule has 0 radical (unpaired) electrons. The average molecular weight is 389 g/mol. The molecule has 4 nitrogen and oxygen atoms in total. The van der Waals surface area contributed by atoms with Gasteiger partial charge >= 0.3 is 6.18 Å². The highest BCUT2D eigenvalue weighted by atomic mass is 19.4. The maximum absolute atomic E-state index is 13.8. The Labute approximate surface area is 149 Å². The lowest BCUT2D eigenvalue weighted by atomic mass is 10.0. The van der Waals surface area contributed by atoms with E-state index in [4.69, 9.17) is 4.74 Å². The van der Waals surface area contributed by atoms with Crippen LogP contribution in [0, 0.1) is 17.5 Å². The van der Waals surface area contributed by atoms with Gasteiger partial charge in [0.2, 0.25) is 0 Å². The standard InChI is InChI=1S/C17H13F6N3O/c1-3-13-24-25-16-14(17(21,22)23)10(4-5-26(13)16)8(2)27-15-11(19)6-9(18)7-12(15)20/h4-8H,3H2,1-2H3. The summed E-state index contributed by atoms with van der Waals surface area (Å²) < 4.78 is 87.8. The van der Waals surface area contributed by atoms with Crippen molar-refractivity contribution in [3.8, 4) is 5.75 Å². The Kier molecular flexibility index (Phi) is 4.75. The fourth-order valence-corrected chi connectivity index (χ4v) is 2.77. The summed E-state index contributed by atoms with van der Waals surface area (Å²) in [5, 5.41) is 7.31. The highest BCUT2D eigenvalue weighted by Gasteiger charge is 2.39. The van der Waals surface area contributed by atoms with Crippen LogP contribution in [0.3, 0.4) is 0 Å². The minimum absolute atomic E-state index is 0.325. The summed E-state index contributed by atoms with van der Waals surface area (Å²) in [5.41, 5.74) is -1.94. The molecule has 0 aliphatic carbocycles. The molecule has 1 unspecified atom stereocenters. The van der Waals surface area contributed by atoms with E-state index in [0.29, 0.717) is 24.4 Å². The Morgan fingerprint density at radius 2 is 1.74 bits per heavy atom. The van der Waals surface area contributed by atoms with Crippen molar-refractivity contribution in [2.45, 2.75) is 32.5 Å². The summed E-state index contributed by atoms with van der Waals surface area (Å²) in [6.07, 6.45) is -4.53. The second-order valence-electron chi connectivity index (χ2n) is 5.77. The van der Waals surface area contributed by atoms with Gasteiger partial charge in [0, 0.05) is 30.3 Å². The topological polar surface area (TPSA) is 39.4 Å². The minimum atomic E-state index is -4.81. The molecule has 10 heteroatoms.